The van der Waals surface area contributed by atoms with E-state index < -0.39 is 6.17 Å². The number of nitrogens with two attached hydrogens (primary N) is 1. The highest BCUT2D eigenvalue weighted by atomic mass is 19.1. The van der Waals surface area contributed by atoms with Gasteiger partial charge >= 0.3 is 0 Å². The van der Waals surface area contributed by atoms with Crippen molar-refractivity contribution in [3.8, 4) is 0 Å². The normalized spacial score (nSPS) is 18.7. The van der Waals surface area contributed by atoms with Crippen LogP contribution in [-0.4, -0.2) is 31.3 Å². The summed E-state index contributed by atoms with van der Waals surface area (Å²) < 4.78 is 12.5. The molecule has 0 bridgehead atoms. The highest BCUT2D eigenvalue weighted by molar-refractivity contribution is 6.28. The number of nitrogens with zero attached hydrogens (tertiary/aromatic N) is 2. The summed E-state index contributed by atoms with van der Waals surface area (Å²) in [6.45, 7) is 3.14. The third kappa shape index (κ3) is 4.47. The van der Waals surface area contributed by atoms with Crippen molar-refractivity contribution in [1.82, 2.24) is 0 Å². The molecule has 2 atom stereocenters. The first-order valence-electron chi connectivity index (χ1n) is 3.47. The Bertz CT molecular complexity index is 163. The Balaban J connectivity index is 3.93. The smallest absolute Gasteiger partial charge is 0.136 e. The van der Waals surface area contributed by atoms with Gasteiger partial charge < -0.3 is 5.73 Å². The summed E-state index contributed by atoms with van der Waals surface area (Å²) in [4.78, 5) is 7.48. The van der Waals surface area contributed by atoms with Crippen LogP contribution in [0.25, 0.3) is 0 Å². The Morgan fingerprint density at radius 3 is 2.45 bits per heavy atom. The Hall–Kier alpha value is -0.930. The summed E-state index contributed by atoms with van der Waals surface area (Å²) in [5.74, 6) is 0.317. The molecule has 2 N–H and O–H groups in total. The SMILES string of the molecule is C/N=C(N)\C=N/[C@@H](C)C(C)F. The molecule has 0 amide bonds. The minimum absolute atomic E-state index is 0.317. The minimum Gasteiger partial charge on any atom is -0.383 e. The molecule has 0 aliphatic carbocycles. The van der Waals surface area contributed by atoms with E-state index in [1.165, 1.54) is 13.1 Å². The monoisotopic (exact) mass is 159 g/mol. The Morgan fingerprint density at radius 2 is 2.09 bits per heavy atom. The number of halogens is 1. The first-order chi connectivity index (χ1) is 5.07. The van der Waals surface area contributed by atoms with Gasteiger partial charge in [0, 0.05) is 7.05 Å². The third-order valence-electron chi connectivity index (χ3n) is 1.36. The van der Waals surface area contributed by atoms with E-state index in [0.717, 1.165) is 0 Å². The van der Waals surface area contributed by atoms with Gasteiger partial charge in [0.25, 0.3) is 0 Å². The fourth-order valence-corrected chi connectivity index (χ4v) is 0.370. The van der Waals surface area contributed by atoms with Crippen LogP contribution in [-0.2, 0) is 0 Å². The summed E-state index contributed by atoms with van der Waals surface area (Å²) in [5, 5.41) is 0. The van der Waals surface area contributed by atoms with Crippen LogP contribution in [0.15, 0.2) is 9.98 Å². The maximum absolute atomic E-state index is 12.5. The highest BCUT2D eigenvalue weighted by Gasteiger charge is 2.06. The summed E-state index contributed by atoms with van der Waals surface area (Å²) in [6, 6.07) is -0.352. The molecule has 0 saturated carbocycles. The molecule has 64 valence electrons. The first kappa shape index (κ1) is 10.1. The zero-order valence-electron chi connectivity index (χ0n) is 7.08. The third-order valence-corrected chi connectivity index (χ3v) is 1.36. The van der Waals surface area contributed by atoms with Crippen LogP contribution < -0.4 is 5.73 Å². The van der Waals surface area contributed by atoms with Crippen molar-refractivity contribution < 1.29 is 4.39 Å². The number of alkyl halides is 1. The molecule has 0 heterocycles. The van der Waals surface area contributed by atoms with Gasteiger partial charge in [-0.05, 0) is 13.8 Å². The average molecular weight is 159 g/mol. The van der Waals surface area contributed by atoms with Gasteiger partial charge in [0.2, 0.25) is 0 Å². The Morgan fingerprint density at radius 1 is 1.55 bits per heavy atom. The second-order valence-corrected chi connectivity index (χ2v) is 2.34. The molecule has 1 unspecified atom stereocenters. The first-order valence-corrected chi connectivity index (χ1v) is 3.47. The van der Waals surface area contributed by atoms with Crippen molar-refractivity contribution in [1.29, 1.82) is 0 Å². The molecule has 0 aromatic heterocycles. The van der Waals surface area contributed by atoms with E-state index in [2.05, 4.69) is 9.98 Å². The van der Waals surface area contributed by atoms with Crippen LogP contribution in [0.3, 0.4) is 0 Å². The zero-order chi connectivity index (χ0) is 8.85. The quantitative estimate of drug-likeness (QED) is 0.480. The van der Waals surface area contributed by atoms with Crippen LogP contribution in [0.5, 0.6) is 0 Å². The molecule has 11 heavy (non-hydrogen) atoms. The molecule has 0 aliphatic heterocycles. The van der Waals surface area contributed by atoms with Crippen LogP contribution in [0.1, 0.15) is 13.8 Å². The molecule has 0 aliphatic rings. The van der Waals surface area contributed by atoms with Gasteiger partial charge in [-0.2, -0.15) is 0 Å². The largest absolute Gasteiger partial charge is 0.383 e. The van der Waals surface area contributed by atoms with E-state index in [1.54, 1.807) is 14.0 Å². The van der Waals surface area contributed by atoms with Crippen molar-refractivity contribution in [2.24, 2.45) is 15.7 Å². The Kier molecular flexibility index (Phi) is 4.41. The summed E-state index contributed by atoms with van der Waals surface area (Å²) in [5.41, 5.74) is 5.30. The number of hydrogen-bond acceptors (Lipinski definition) is 2. The average Bonchev–Trinajstić information content (AvgIpc) is 1.99. The zero-order valence-corrected chi connectivity index (χ0v) is 7.08. The standard InChI is InChI=1S/C7H14FN3/c1-5(8)6(2)11-4-7(9)10-3/h4-6H,1-3H3,(H2,9,10)/b11-4-/t5?,6-/m0/s1. The van der Waals surface area contributed by atoms with Crippen molar-refractivity contribution in [2.75, 3.05) is 7.05 Å². The number of hydrogen-bond donors (Lipinski definition) is 1. The molecule has 4 heteroatoms. The van der Waals surface area contributed by atoms with E-state index in [9.17, 15) is 4.39 Å². The van der Waals surface area contributed by atoms with Crippen molar-refractivity contribution in [2.45, 2.75) is 26.1 Å². The molecule has 0 fully saturated rings. The van der Waals surface area contributed by atoms with Crippen LogP contribution >= 0.6 is 0 Å². The lowest BCUT2D eigenvalue weighted by molar-refractivity contribution is 0.319. The van der Waals surface area contributed by atoms with Crippen LogP contribution in [0.2, 0.25) is 0 Å². The van der Waals surface area contributed by atoms with Gasteiger partial charge in [-0.1, -0.05) is 0 Å². The summed E-state index contributed by atoms with van der Waals surface area (Å²) in [6.07, 6.45) is 0.428. The van der Waals surface area contributed by atoms with Gasteiger partial charge in [0.1, 0.15) is 12.0 Å². The maximum Gasteiger partial charge on any atom is 0.136 e. The highest BCUT2D eigenvalue weighted by Crippen LogP contribution is 1.99. The second-order valence-electron chi connectivity index (χ2n) is 2.34. The fourth-order valence-electron chi connectivity index (χ4n) is 0.370. The maximum atomic E-state index is 12.5. The van der Waals surface area contributed by atoms with E-state index >= 15 is 0 Å². The molecule has 0 saturated heterocycles. The summed E-state index contributed by atoms with van der Waals surface area (Å²) >= 11 is 0. The lowest BCUT2D eigenvalue weighted by Crippen LogP contribution is -2.17. The topological polar surface area (TPSA) is 50.7 Å². The Labute approximate surface area is 66.2 Å². The van der Waals surface area contributed by atoms with Gasteiger partial charge in [-0.15, -0.1) is 0 Å². The molecular formula is C7H14FN3. The lowest BCUT2D eigenvalue weighted by atomic mass is 10.2. The molecule has 3 nitrogen and oxygen atoms in total. The predicted molar refractivity (Wildman–Crippen MR) is 46.1 cm³/mol. The van der Waals surface area contributed by atoms with Crippen molar-refractivity contribution >= 4 is 12.1 Å². The lowest BCUT2D eigenvalue weighted by Gasteiger charge is -2.05. The van der Waals surface area contributed by atoms with Crippen LogP contribution in [0, 0.1) is 0 Å². The van der Waals surface area contributed by atoms with E-state index in [4.69, 9.17) is 5.73 Å². The molecule has 0 spiro atoms. The fraction of sp³-hybridized carbons (Fsp3) is 0.714. The molecular weight excluding hydrogens is 145 g/mol. The van der Waals surface area contributed by atoms with Crippen LogP contribution in [0.4, 0.5) is 4.39 Å². The van der Waals surface area contributed by atoms with Gasteiger partial charge in [0.05, 0.1) is 12.3 Å². The molecule has 0 radical (unpaired) electrons. The van der Waals surface area contributed by atoms with Gasteiger partial charge in [-0.25, -0.2) is 4.39 Å². The molecule has 0 aromatic carbocycles. The van der Waals surface area contributed by atoms with E-state index in [-0.39, 0.29) is 6.04 Å². The van der Waals surface area contributed by atoms with Crippen molar-refractivity contribution in [3.05, 3.63) is 0 Å². The summed E-state index contributed by atoms with van der Waals surface area (Å²) in [7, 11) is 1.56. The number of amidine groups is 1. The van der Waals surface area contributed by atoms with E-state index in [1.807, 2.05) is 0 Å². The van der Waals surface area contributed by atoms with Gasteiger partial charge in [0.15, 0.2) is 0 Å². The minimum atomic E-state index is -0.948. The molecule has 0 rings (SSSR count). The van der Waals surface area contributed by atoms with Crippen molar-refractivity contribution in [3.63, 3.8) is 0 Å². The number of aliphatic imine (C=N–C) groups is 2. The second kappa shape index (κ2) is 4.82. The van der Waals surface area contributed by atoms with E-state index in [0.29, 0.717) is 5.84 Å². The predicted octanol–water partition coefficient (Wildman–Crippen LogP) is 0.791. The molecule has 0 aromatic rings. The number of rotatable bonds is 3. The van der Waals surface area contributed by atoms with Gasteiger partial charge in [-0.3, -0.25) is 9.98 Å².